The van der Waals surface area contributed by atoms with Crippen LogP contribution in [0.3, 0.4) is 0 Å². The largest absolute Gasteiger partial charge is 0.476 e. The van der Waals surface area contributed by atoms with Crippen molar-refractivity contribution in [3.63, 3.8) is 0 Å². The number of hydrogen-bond acceptors (Lipinski definition) is 4. The van der Waals surface area contributed by atoms with Crippen LogP contribution in [0, 0.1) is 0 Å². The fourth-order valence-electron chi connectivity index (χ4n) is 4.48. The Morgan fingerprint density at radius 2 is 1.36 bits per heavy atom. The van der Waals surface area contributed by atoms with E-state index in [9.17, 15) is 9.59 Å². The molecule has 5 rings (SSSR count). The smallest absolute Gasteiger partial charge is 0.265 e. The molecule has 2 aliphatic heterocycles. The van der Waals surface area contributed by atoms with Gasteiger partial charge in [-0.1, -0.05) is 72.8 Å². The van der Waals surface area contributed by atoms with Crippen LogP contribution in [0.5, 0.6) is 5.75 Å². The van der Waals surface area contributed by atoms with Crippen molar-refractivity contribution < 1.29 is 19.1 Å². The molecule has 0 aromatic heterocycles. The van der Waals surface area contributed by atoms with E-state index in [0.717, 1.165) is 11.1 Å². The third-order valence-electron chi connectivity index (χ3n) is 6.15. The number of fused-ring (bicyclic) bond motifs is 1. The summed E-state index contributed by atoms with van der Waals surface area (Å²) in [6, 6.07) is 27.0. The molecule has 0 aliphatic carbocycles. The molecule has 2 aliphatic rings. The first-order valence-electron chi connectivity index (χ1n) is 11.3. The number of para-hydroxylation sites is 2. The van der Waals surface area contributed by atoms with Gasteiger partial charge < -0.3 is 19.3 Å². The molecule has 6 heteroatoms. The van der Waals surface area contributed by atoms with E-state index in [2.05, 4.69) is 0 Å². The Hall–Kier alpha value is -3.64. The molecule has 2 amide bonds. The minimum absolute atomic E-state index is 0.0806. The molecule has 0 radical (unpaired) electrons. The Balaban J connectivity index is 1.51. The summed E-state index contributed by atoms with van der Waals surface area (Å²) in [4.78, 5) is 30.9. The highest BCUT2D eigenvalue weighted by atomic mass is 16.5. The zero-order valence-corrected chi connectivity index (χ0v) is 18.3. The van der Waals surface area contributed by atoms with Gasteiger partial charge in [0.15, 0.2) is 6.10 Å². The van der Waals surface area contributed by atoms with Gasteiger partial charge in [-0.25, -0.2) is 0 Å². The van der Waals surface area contributed by atoms with Crippen LogP contribution in [0.1, 0.15) is 17.0 Å². The lowest BCUT2D eigenvalue weighted by atomic mass is 9.89. The van der Waals surface area contributed by atoms with Crippen LogP contribution in [0.4, 0.5) is 5.69 Å². The van der Waals surface area contributed by atoms with E-state index >= 15 is 0 Å². The summed E-state index contributed by atoms with van der Waals surface area (Å²) in [7, 11) is 0. The lowest BCUT2D eigenvalue weighted by Crippen LogP contribution is -2.54. The van der Waals surface area contributed by atoms with Gasteiger partial charge >= 0.3 is 0 Å². The predicted octanol–water partition coefficient (Wildman–Crippen LogP) is 3.47. The first kappa shape index (κ1) is 21.2. The number of rotatable bonds is 4. The first-order chi connectivity index (χ1) is 16.2. The molecular formula is C27H26N2O4. The molecule has 2 heterocycles. The zero-order valence-electron chi connectivity index (χ0n) is 18.3. The molecule has 168 valence electrons. The Morgan fingerprint density at radius 3 is 2.00 bits per heavy atom. The standard InChI is InChI=1S/C27H26N2O4/c30-26(28-15-17-32-18-16-28)24-19-29(22-13-7-8-14-23(22)33-24)27(31)25(20-9-3-1-4-10-20)21-11-5-2-6-12-21/h1-14,24-25H,15-19H2/t24-/m0/s1. The van der Waals surface area contributed by atoms with Crippen LogP contribution < -0.4 is 9.64 Å². The molecule has 0 bridgehead atoms. The monoisotopic (exact) mass is 442 g/mol. The van der Waals surface area contributed by atoms with Gasteiger partial charge in [0.2, 0.25) is 5.91 Å². The van der Waals surface area contributed by atoms with Crippen LogP contribution in [-0.4, -0.2) is 55.7 Å². The van der Waals surface area contributed by atoms with Crippen LogP contribution in [-0.2, 0) is 14.3 Å². The van der Waals surface area contributed by atoms with Gasteiger partial charge in [-0.2, -0.15) is 0 Å². The van der Waals surface area contributed by atoms with Gasteiger partial charge in [0.25, 0.3) is 5.91 Å². The maximum atomic E-state index is 14.1. The molecule has 1 saturated heterocycles. The summed E-state index contributed by atoms with van der Waals surface area (Å²) in [5.74, 6) is -0.134. The average molecular weight is 443 g/mol. The number of carbonyl (C=O) groups excluding carboxylic acids is 2. The third kappa shape index (κ3) is 4.34. The number of ether oxygens (including phenoxy) is 2. The van der Waals surface area contributed by atoms with Crippen molar-refractivity contribution in [3.05, 3.63) is 96.1 Å². The number of carbonyl (C=O) groups is 2. The van der Waals surface area contributed by atoms with Gasteiger partial charge in [-0.15, -0.1) is 0 Å². The van der Waals surface area contributed by atoms with Gasteiger partial charge in [-0.05, 0) is 23.3 Å². The number of anilines is 1. The van der Waals surface area contributed by atoms with E-state index < -0.39 is 12.0 Å². The summed E-state index contributed by atoms with van der Waals surface area (Å²) in [6.07, 6.45) is -0.755. The minimum Gasteiger partial charge on any atom is -0.476 e. The van der Waals surface area contributed by atoms with E-state index in [1.54, 1.807) is 9.80 Å². The molecule has 1 fully saturated rings. The van der Waals surface area contributed by atoms with Crippen LogP contribution in [0.2, 0.25) is 0 Å². The summed E-state index contributed by atoms with van der Waals surface area (Å²) in [6.45, 7) is 2.27. The molecule has 3 aromatic rings. The second-order valence-corrected chi connectivity index (χ2v) is 8.22. The molecule has 1 atom stereocenters. The van der Waals surface area contributed by atoms with Crippen molar-refractivity contribution in [3.8, 4) is 5.75 Å². The second-order valence-electron chi connectivity index (χ2n) is 8.22. The highest BCUT2D eigenvalue weighted by Crippen LogP contribution is 2.37. The van der Waals surface area contributed by atoms with Crippen molar-refractivity contribution in [2.45, 2.75) is 12.0 Å². The summed E-state index contributed by atoms with van der Waals surface area (Å²) >= 11 is 0. The number of morpholine rings is 1. The number of amides is 2. The van der Waals surface area contributed by atoms with E-state index in [4.69, 9.17) is 9.47 Å². The Labute approximate surface area is 193 Å². The lowest BCUT2D eigenvalue weighted by Gasteiger charge is -2.38. The molecule has 33 heavy (non-hydrogen) atoms. The van der Waals surface area contributed by atoms with Crippen molar-refractivity contribution in [2.75, 3.05) is 37.7 Å². The normalized spacial score (nSPS) is 17.9. The van der Waals surface area contributed by atoms with E-state index in [1.165, 1.54) is 0 Å². The van der Waals surface area contributed by atoms with E-state index in [1.807, 2.05) is 84.9 Å². The average Bonchev–Trinajstić information content (AvgIpc) is 2.89. The van der Waals surface area contributed by atoms with Gasteiger partial charge in [0.1, 0.15) is 5.75 Å². The fourth-order valence-corrected chi connectivity index (χ4v) is 4.48. The molecule has 0 unspecified atom stereocenters. The van der Waals surface area contributed by atoms with Crippen LogP contribution in [0.25, 0.3) is 0 Å². The first-order valence-corrected chi connectivity index (χ1v) is 11.3. The van der Waals surface area contributed by atoms with Crippen molar-refractivity contribution in [1.29, 1.82) is 0 Å². The summed E-state index contributed by atoms with van der Waals surface area (Å²) < 4.78 is 11.5. The van der Waals surface area contributed by atoms with Crippen molar-refractivity contribution in [2.24, 2.45) is 0 Å². The Morgan fingerprint density at radius 1 is 0.788 bits per heavy atom. The highest BCUT2D eigenvalue weighted by Gasteiger charge is 2.39. The third-order valence-corrected chi connectivity index (χ3v) is 6.15. The second kappa shape index (κ2) is 9.46. The van der Waals surface area contributed by atoms with Crippen LogP contribution in [0.15, 0.2) is 84.9 Å². The summed E-state index contributed by atoms with van der Waals surface area (Å²) in [5.41, 5.74) is 2.51. The molecule has 0 N–H and O–H groups in total. The molecule has 6 nitrogen and oxygen atoms in total. The number of nitrogens with zero attached hydrogens (tertiary/aromatic N) is 2. The topological polar surface area (TPSA) is 59.1 Å². The molecular weight excluding hydrogens is 416 g/mol. The number of benzene rings is 3. The van der Waals surface area contributed by atoms with Crippen LogP contribution >= 0.6 is 0 Å². The molecule has 0 spiro atoms. The minimum atomic E-state index is -0.755. The van der Waals surface area contributed by atoms with Gasteiger partial charge in [-0.3, -0.25) is 9.59 Å². The quantitative estimate of drug-likeness (QED) is 0.621. The van der Waals surface area contributed by atoms with E-state index in [0.29, 0.717) is 37.7 Å². The highest BCUT2D eigenvalue weighted by molar-refractivity contribution is 6.02. The SMILES string of the molecule is O=C([C@@H]1CN(C(=O)C(c2ccccc2)c2ccccc2)c2ccccc2O1)N1CCOCC1. The maximum Gasteiger partial charge on any atom is 0.265 e. The van der Waals surface area contributed by atoms with Gasteiger partial charge in [0.05, 0.1) is 31.4 Å². The summed E-state index contributed by atoms with van der Waals surface area (Å²) in [5, 5.41) is 0. The molecule has 3 aromatic carbocycles. The van der Waals surface area contributed by atoms with Crippen molar-refractivity contribution in [1.82, 2.24) is 4.90 Å². The Kier molecular flexibility index (Phi) is 6.09. The Bertz CT molecular complexity index is 1070. The predicted molar refractivity (Wildman–Crippen MR) is 125 cm³/mol. The van der Waals surface area contributed by atoms with Gasteiger partial charge in [0, 0.05) is 13.1 Å². The maximum absolute atomic E-state index is 14.1. The number of hydrogen-bond donors (Lipinski definition) is 0. The van der Waals surface area contributed by atoms with E-state index in [-0.39, 0.29) is 18.4 Å². The zero-order chi connectivity index (χ0) is 22.6. The fraction of sp³-hybridized carbons (Fsp3) is 0.259. The van der Waals surface area contributed by atoms with Crippen molar-refractivity contribution >= 4 is 17.5 Å². The lowest BCUT2D eigenvalue weighted by molar-refractivity contribution is -0.142. The molecule has 0 saturated carbocycles.